The average Bonchev–Trinajstić information content (AvgIpc) is 2.49. The van der Waals surface area contributed by atoms with Crippen LogP contribution in [0.15, 0.2) is 18.7 Å². The van der Waals surface area contributed by atoms with Gasteiger partial charge >= 0.3 is 5.97 Å². The Morgan fingerprint density at radius 2 is 1.87 bits per heavy atom. The van der Waals surface area contributed by atoms with E-state index in [4.69, 9.17) is 10.2 Å². The Bertz CT molecular complexity index is 710. The van der Waals surface area contributed by atoms with Crippen molar-refractivity contribution in [1.82, 2.24) is 0 Å². The number of carbonyl (C=O) groups is 2. The molecule has 0 saturated carbocycles. The van der Waals surface area contributed by atoms with Crippen molar-refractivity contribution >= 4 is 23.1 Å². The van der Waals surface area contributed by atoms with Crippen LogP contribution in [-0.2, 0) is 6.42 Å². The Kier molecular flexibility index (Phi) is 5.62. The Morgan fingerprint density at radius 3 is 2.26 bits per heavy atom. The minimum Gasteiger partial charge on any atom is -0.478 e. The van der Waals surface area contributed by atoms with Crippen molar-refractivity contribution in [3.8, 4) is 0 Å². The number of carbonyl (C=O) groups excluding carboxylic acids is 1. The van der Waals surface area contributed by atoms with Gasteiger partial charge in [-0.3, -0.25) is 25.0 Å². The maximum atomic E-state index is 11.8. The fourth-order valence-electron chi connectivity index (χ4n) is 2.09. The zero-order valence-corrected chi connectivity index (χ0v) is 11.7. The number of nitro benzene ring substituents is 2. The molecule has 0 saturated heterocycles. The Labute approximate surface area is 129 Å². The smallest absolute Gasteiger partial charge is 0.336 e. The zero-order valence-electron chi connectivity index (χ0n) is 11.7. The normalized spacial score (nSPS) is 10.1. The number of rotatable bonds is 8. The van der Waals surface area contributed by atoms with Gasteiger partial charge in [0.25, 0.3) is 11.4 Å². The van der Waals surface area contributed by atoms with Gasteiger partial charge in [0.1, 0.15) is 0 Å². The molecule has 0 fully saturated rings. The highest BCUT2D eigenvalue weighted by atomic mass is 16.6. The van der Waals surface area contributed by atoms with Crippen molar-refractivity contribution in [3.05, 3.63) is 55.6 Å². The molecule has 23 heavy (non-hydrogen) atoms. The largest absolute Gasteiger partial charge is 0.478 e. The van der Waals surface area contributed by atoms with Crippen LogP contribution in [0.2, 0.25) is 0 Å². The number of hydrogen-bond acceptors (Lipinski definition) is 7. The lowest BCUT2D eigenvalue weighted by atomic mass is 9.93. The highest BCUT2D eigenvalue weighted by Gasteiger charge is 2.36. The number of allylic oxidation sites excluding steroid dienone is 1. The molecule has 2 N–H and O–H groups in total. The van der Waals surface area contributed by atoms with E-state index in [2.05, 4.69) is 6.58 Å². The summed E-state index contributed by atoms with van der Waals surface area (Å²) >= 11 is 0. The van der Waals surface area contributed by atoms with E-state index in [0.717, 1.165) is 0 Å². The molecule has 0 aliphatic heterocycles. The predicted octanol–water partition coefficient (Wildman–Crippen LogP) is 1.49. The van der Waals surface area contributed by atoms with Gasteiger partial charge in [0.2, 0.25) is 0 Å². The topological polar surface area (TPSA) is 161 Å². The standard InChI is InChI=1S/C13H12N2O8/c1-2-10(17)11-9(14(20)21)6-8(13(18)19)7(4-3-5-16)12(11)15(22)23/h2,6,16H,1,3-5H2,(H,18,19). The number of hydrogen-bond donors (Lipinski definition) is 2. The molecule has 0 unspecified atom stereocenters. The summed E-state index contributed by atoms with van der Waals surface area (Å²) in [5.41, 5.74) is -3.76. The summed E-state index contributed by atoms with van der Waals surface area (Å²) in [7, 11) is 0. The monoisotopic (exact) mass is 324 g/mol. The van der Waals surface area contributed by atoms with Gasteiger partial charge in [-0.15, -0.1) is 0 Å². The van der Waals surface area contributed by atoms with Gasteiger partial charge in [0.15, 0.2) is 11.3 Å². The van der Waals surface area contributed by atoms with E-state index in [9.17, 15) is 29.8 Å². The molecule has 0 bridgehead atoms. The number of carboxylic acid groups (broad SMARTS) is 1. The second kappa shape index (κ2) is 7.22. The molecule has 1 aromatic rings. The molecule has 0 aliphatic carbocycles. The van der Waals surface area contributed by atoms with Crippen LogP contribution in [0.25, 0.3) is 0 Å². The highest BCUT2D eigenvalue weighted by Crippen LogP contribution is 2.36. The summed E-state index contributed by atoms with van der Waals surface area (Å²) in [5.74, 6) is -2.67. The summed E-state index contributed by atoms with van der Waals surface area (Å²) in [4.78, 5) is 43.4. The fraction of sp³-hybridized carbons (Fsp3) is 0.231. The van der Waals surface area contributed by atoms with Crippen LogP contribution >= 0.6 is 0 Å². The van der Waals surface area contributed by atoms with Crippen molar-refractivity contribution in [2.45, 2.75) is 12.8 Å². The van der Waals surface area contributed by atoms with E-state index >= 15 is 0 Å². The van der Waals surface area contributed by atoms with Gasteiger partial charge in [-0.1, -0.05) is 6.58 Å². The summed E-state index contributed by atoms with van der Waals surface area (Å²) in [6.45, 7) is 2.76. The first-order valence-corrected chi connectivity index (χ1v) is 6.25. The van der Waals surface area contributed by atoms with Crippen LogP contribution in [0.1, 0.15) is 32.7 Å². The maximum absolute atomic E-state index is 11.8. The van der Waals surface area contributed by atoms with Crippen LogP contribution in [0.3, 0.4) is 0 Å². The maximum Gasteiger partial charge on any atom is 0.336 e. The summed E-state index contributed by atoms with van der Waals surface area (Å²) in [6.07, 6.45) is 0.427. The van der Waals surface area contributed by atoms with E-state index in [1.54, 1.807) is 0 Å². The Morgan fingerprint density at radius 1 is 1.26 bits per heavy atom. The third kappa shape index (κ3) is 3.55. The molecular weight excluding hydrogens is 312 g/mol. The number of aliphatic hydroxyl groups excluding tert-OH is 1. The number of aliphatic hydroxyl groups is 1. The first-order valence-electron chi connectivity index (χ1n) is 6.25. The first kappa shape index (κ1) is 17.9. The first-order chi connectivity index (χ1) is 10.8. The van der Waals surface area contributed by atoms with Crippen molar-refractivity contribution in [2.75, 3.05) is 6.61 Å². The SMILES string of the molecule is C=CC(=O)c1c([N+](=O)[O-])cc(C(=O)O)c(CCCO)c1[N+](=O)[O-]. The van der Waals surface area contributed by atoms with Crippen molar-refractivity contribution < 1.29 is 29.6 Å². The molecule has 0 radical (unpaired) electrons. The Hall–Kier alpha value is -3.14. The van der Waals surface area contributed by atoms with Gasteiger partial charge in [0.05, 0.1) is 15.4 Å². The minimum atomic E-state index is -1.61. The number of carboxylic acids is 1. The van der Waals surface area contributed by atoms with Crippen molar-refractivity contribution in [2.24, 2.45) is 0 Å². The van der Waals surface area contributed by atoms with Crippen LogP contribution < -0.4 is 0 Å². The van der Waals surface area contributed by atoms with Gasteiger partial charge in [-0.2, -0.15) is 0 Å². The fourth-order valence-corrected chi connectivity index (χ4v) is 2.09. The van der Waals surface area contributed by atoms with Gasteiger partial charge in [0, 0.05) is 18.2 Å². The third-order valence-electron chi connectivity index (χ3n) is 3.01. The minimum absolute atomic E-state index is 0.0132. The van der Waals surface area contributed by atoms with Gasteiger partial charge in [-0.25, -0.2) is 4.79 Å². The molecule has 10 heteroatoms. The van der Waals surface area contributed by atoms with E-state index in [0.29, 0.717) is 12.1 Å². The predicted molar refractivity (Wildman–Crippen MR) is 76.6 cm³/mol. The number of nitro groups is 2. The van der Waals surface area contributed by atoms with Crippen LogP contribution in [-0.4, -0.2) is 38.4 Å². The molecule has 0 atom stereocenters. The molecule has 0 aromatic heterocycles. The summed E-state index contributed by atoms with van der Waals surface area (Å²) in [6, 6.07) is 0.610. The molecule has 0 amide bonds. The molecule has 10 nitrogen and oxygen atoms in total. The van der Waals surface area contributed by atoms with Crippen LogP contribution in [0, 0.1) is 20.2 Å². The second-order valence-electron chi connectivity index (χ2n) is 4.36. The summed E-state index contributed by atoms with van der Waals surface area (Å²) < 4.78 is 0. The molecule has 122 valence electrons. The van der Waals surface area contributed by atoms with Crippen LogP contribution in [0.5, 0.6) is 0 Å². The molecule has 1 rings (SSSR count). The molecule has 0 spiro atoms. The molecule has 0 aliphatic rings. The quantitative estimate of drug-likeness (QED) is 0.314. The highest BCUT2D eigenvalue weighted by molar-refractivity contribution is 6.12. The molecule has 0 heterocycles. The van der Waals surface area contributed by atoms with E-state index in [1.165, 1.54) is 0 Å². The lowest BCUT2D eigenvalue weighted by molar-refractivity contribution is -0.395. The van der Waals surface area contributed by atoms with Crippen molar-refractivity contribution in [1.29, 1.82) is 0 Å². The van der Waals surface area contributed by atoms with E-state index < -0.39 is 44.1 Å². The molecule has 1 aromatic carbocycles. The second-order valence-corrected chi connectivity index (χ2v) is 4.36. The van der Waals surface area contributed by atoms with Crippen LogP contribution in [0.4, 0.5) is 11.4 Å². The zero-order chi connectivity index (χ0) is 17.7. The lowest BCUT2D eigenvalue weighted by Gasteiger charge is -2.10. The average molecular weight is 324 g/mol. The van der Waals surface area contributed by atoms with Gasteiger partial charge in [-0.05, 0) is 18.9 Å². The number of aromatic carboxylic acids is 1. The van der Waals surface area contributed by atoms with E-state index in [-0.39, 0.29) is 25.0 Å². The number of benzene rings is 1. The number of ketones is 1. The van der Waals surface area contributed by atoms with Gasteiger partial charge < -0.3 is 10.2 Å². The number of nitrogens with zero attached hydrogens (tertiary/aromatic N) is 2. The molecular formula is C13H12N2O8. The summed E-state index contributed by atoms with van der Waals surface area (Å²) in [5, 5.41) is 40.4. The lowest BCUT2D eigenvalue weighted by Crippen LogP contribution is -2.14. The Balaban J connectivity index is 3.95. The third-order valence-corrected chi connectivity index (χ3v) is 3.01. The van der Waals surface area contributed by atoms with E-state index in [1.807, 2.05) is 0 Å². The van der Waals surface area contributed by atoms with Crippen molar-refractivity contribution in [3.63, 3.8) is 0 Å².